The largest absolute Gasteiger partial charge is 0.480 e. The summed E-state index contributed by atoms with van der Waals surface area (Å²) in [4.78, 5) is 23.6. The molecule has 4 N–H and O–H groups in total. The van der Waals surface area contributed by atoms with Gasteiger partial charge in [0, 0.05) is 19.8 Å². The molecule has 2 fully saturated rings. The van der Waals surface area contributed by atoms with E-state index in [9.17, 15) is 14.7 Å². The van der Waals surface area contributed by atoms with Crippen molar-refractivity contribution >= 4 is 11.9 Å². The van der Waals surface area contributed by atoms with Crippen LogP contribution in [0.25, 0.3) is 0 Å². The van der Waals surface area contributed by atoms with E-state index in [1.165, 1.54) is 0 Å². The van der Waals surface area contributed by atoms with Gasteiger partial charge in [-0.15, -0.1) is 0 Å². The molecule has 0 radical (unpaired) electrons. The Labute approximate surface area is 106 Å². The molecule has 0 aromatic heterocycles. The molecule has 102 valence electrons. The van der Waals surface area contributed by atoms with E-state index in [0.29, 0.717) is 38.9 Å². The average Bonchev–Trinajstić information content (AvgIpc) is 2.33. The maximum atomic E-state index is 12.4. The molecule has 1 aliphatic heterocycles. The predicted molar refractivity (Wildman–Crippen MR) is 63.9 cm³/mol. The van der Waals surface area contributed by atoms with Crippen LogP contribution in [-0.4, -0.2) is 42.3 Å². The van der Waals surface area contributed by atoms with Crippen LogP contribution in [0.1, 0.15) is 32.1 Å². The molecule has 18 heavy (non-hydrogen) atoms. The van der Waals surface area contributed by atoms with Crippen LogP contribution in [0.4, 0.5) is 0 Å². The first-order valence-corrected chi connectivity index (χ1v) is 6.39. The van der Waals surface area contributed by atoms with Gasteiger partial charge < -0.3 is 20.9 Å². The smallest absolute Gasteiger partial charge is 0.329 e. The number of carbonyl (C=O) groups excluding carboxylic acids is 1. The summed E-state index contributed by atoms with van der Waals surface area (Å²) in [5, 5.41) is 11.9. The molecule has 2 rings (SSSR count). The number of carboxylic acids is 1. The number of nitrogens with one attached hydrogen (secondary N) is 1. The fourth-order valence-electron chi connectivity index (χ4n) is 2.56. The standard InChI is InChI=1S/C12H20N2O4/c13-8-11(4-6-18-7-5-11)9(15)14-12(10(16)17)2-1-3-12/h1-8,13H2,(H,14,15)(H,16,17). The van der Waals surface area contributed by atoms with E-state index < -0.39 is 16.9 Å². The number of hydrogen-bond acceptors (Lipinski definition) is 4. The molecular formula is C12H20N2O4. The SMILES string of the molecule is NCC1(C(=O)NC2(C(=O)O)CCC2)CCOCC1. The Bertz CT molecular complexity index is 346. The van der Waals surface area contributed by atoms with Crippen molar-refractivity contribution in [1.29, 1.82) is 0 Å². The summed E-state index contributed by atoms with van der Waals surface area (Å²) >= 11 is 0. The van der Waals surface area contributed by atoms with Gasteiger partial charge in [-0.3, -0.25) is 4.79 Å². The quantitative estimate of drug-likeness (QED) is 0.650. The van der Waals surface area contributed by atoms with E-state index in [1.54, 1.807) is 0 Å². The van der Waals surface area contributed by atoms with Crippen molar-refractivity contribution in [2.24, 2.45) is 11.1 Å². The Morgan fingerprint density at radius 3 is 2.22 bits per heavy atom. The zero-order valence-electron chi connectivity index (χ0n) is 10.4. The van der Waals surface area contributed by atoms with Gasteiger partial charge in [-0.1, -0.05) is 0 Å². The third-order valence-electron chi connectivity index (χ3n) is 4.29. The minimum absolute atomic E-state index is 0.226. The number of hydrogen-bond donors (Lipinski definition) is 3. The van der Waals surface area contributed by atoms with Crippen LogP contribution in [0.2, 0.25) is 0 Å². The summed E-state index contributed by atoms with van der Waals surface area (Å²) < 4.78 is 5.24. The van der Waals surface area contributed by atoms with Crippen LogP contribution >= 0.6 is 0 Å². The van der Waals surface area contributed by atoms with E-state index in [0.717, 1.165) is 6.42 Å². The highest BCUT2D eigenvalue weighted by Gasteiger charge is 2.49. The second kappa shape index (κ2) is 4.85. The molecule has 6 nitrogen and oxygen atoms in total. The highest BCUT2D eigenvalue weighted by Crippen LogP contribution is 2.35. The lowest BCUT2D eigenvalue weighted by Crippen LogP contribution is -2.63. The second-order valence-electron chi connectivity index (χ2n) is 5.29. The maximum Gasteiger partial charge on any atom is 0.329 e. The summed E-state index contributed by atoms with van der Waals surface area (Å²) in [5.74, 6) is -1.17. The molecule has 0 bridgehead atoms. The molecule has 0 spiro atoms. The molecule has 0 unspecified atom stereocenters. The molecule has 1 heterocycles. The number of ether oxygens (including phenoxy) is 1. The summed E-state index contributed by atoms with van der Waals surface area (Å²) in [6, 6.07) is 0. The summed E-state index contributed by atoms with van der Waals surface area (Å²) in [7, 11) is 0. The number of carboxylic acid groups (broad SMARTS) is 1. The lowest BCUT2D eigenvalue weighted by Gasteiger charge is -2.42. The first kappa shape index (κ1) is 13.3. The minimum atomic E-state index is -1.06. The Balaban J connectivity index is 2.08. The molecule has 6 heteroatoms. The Morgan fingerprint density at radius 2 is 1.83 bits per heavy atom. The summed E-state index contributed by atoms with van der Waals surface area (Å²) in [6.07, 6.45) is 2.97. The molecule has 1 saturated carbocycles. The van der Waals surface area contributed by atoms with Crippen LogP contribution in [0.15, 0.2) is 0 Å². The van der Waals surface area contributed by atoms with Crippen molar-refractivity contribution < 1.29 is 19.4 Å². The number of aliphatic carboxylic acids is 1. The van der Waals surface area contributed by atoms with E-state index in [-0.39, 0.29) is 12.5 Å². The van der Waals surface area contributed by atoms with Crippen LogP contribution in [0.5, 0.6) is 0 Å². The van der Waals surface area contributed by atoms with Crippen molar-refractivity contribution in [2.45, 2.75) is 37.6 Å². The van der Waals surface area contributed by atoms with Crippen molar-refractivity contribution in [2.75, 3.05) is 19.8 Å². The van der Waals surface area contributed by atoms with Crippen LogP contribution in [-0.2, 0) is 14.3 Å². The number of nitrogens with two attached hydrogens (primary N) is 1. The first-order chi connectivity index (χ1) is 8.55. The van der Waals surface area contributed by atoms with Gasteiger partial charge in [0.05, 0.1) is 5.41 Å². The van der Waals surface area contributed by atoms with Gasteiger partial charge in [-0.25, -0.2) is 4.79 Å². The highest BCUT2D eigenvalue weighted by atomic mass is 16.5. The van der Waals surface area contributed by atoms with Crippen molar-refractivity contribution in [3.8, 4) is 0 Å². The fraction of sp³-hybridized carbons (Fsp3) is 0.833. The van der Waals surface area contributed by atoms with Crippen LogP contribution in [0.3, 0.4) is 0 Å². The lowest BCUT2D eigenvalue weighted by atomic mass is 9.73. The Hall–Kier alpha value is -1.14. The van der Waals surface area contributed by atoms with Gasteiger partial charge in [0.25, 0.3) is 0 Å². The van der Waals surface area contributed by atoms with Gasteiger partial charge in [-0.05, 0) is 32.1 Å². The van der Waals surface area contributed by atoms with E-state index in [1.807, 2.05) is 0 Å². The molecule has 0 aromatic rings. The Kier molecular flexibility index (Phi) is 3.59. The second-order valence-corrected chi connectivity index (χ2v) is 5.29. The molecule has 1 amide bonds. The van der Waals surface area contributed by atoms with Gasteiger partial charge in [0.15, 0.2) is 0 Å². The predicted octanol–water partition coefficient (Wildman–Crippen LogP) is -0.135. The van der Waals surface area contributed by atoms with E-state index in [4.69, 9.17) is 10.5 Å². The van der Waals surface area contributed by atoms with Gasteiger partial charge in [0.1, 0.15) is 5.54 Å². The minimum Gasteiger partial charge on any atom is -0.480 e. The van der Waals surface area contributed by atoms with Crippen molar-refractivity contribution in [3.05, 3.63) is 0 Å². The monoisotopic (exact) mass is 256 g/mol. The van der Waals surface area contributed by atoms with Gasteiger partial charge >= 0.3 is 5.97 Å². The molecule has 1 aliphatic carbocycles. The fourth-order valence-corrected chi connectivity index (χ4v) is 2.56. The van der Waals surface area contributed by atoms with Gasteiger partial charge in [0.2, 0.25) is 5.91 Å². The maximum absolute atomic E-state index is 12.4. The topological polar surface area (TPSA) is 102 Å². The highest BCUT2D eigenvalue weighted by molar-refractivity contribution is 5.90. The molecule has 0 aromatic carbocycles. The third-order valence-corrected chi connectivity index (χ3v) is 4.29. The first-order valence-electron chi connectivity index (χ1n) is 6.39. The number of amides is 1. The van der Waals surface area contributed by atoms with Gasteiger partial charge in [-0.2, -0.15) is 0 Å². The van der Waals surface area contributed by atoms with Crippen LogP contribution in [0, 0.1) is 5.41 Å². The average molecular weight is 256 g/mol. The third kappa shape index (κ3) is 2.10. The normalized spacial score (nSPS) is 24.9. The zero-order valence-corrected chi connectivity index (χ0v) is 10.4. The van der Waals surface area contributed by atoms with Crippen molar-refractivity contribution in [3.63, 3.8) is 0 Å². The number of carbonyl (C=O) groups is 2. The van der Waals surface area contributed by atoms with Crippen molar-refractivity contribution in [1.82, 2.24) is 5.32 Å². The molecule has 1 saturated heterocycles. The van der Waals surface area contributed by atoms with E-state index in [2.05, 4.69) is 5.32 Å². The summed E-state index contributed by atoms with van der Waals surface area (Å²) in [5.41, 5.74) is 4.02. The zero-order chi connectivity index (χ0) is 13.2. The molecule has 2 aliphatic rings. The Morgan fingerprint density at radius 1 is 1.22 bits per heavy atom. The molecular weight excluding hydrogens is 236 g/mol. The summed E-state index contributed by atoms with van der Waals surface area (Å²) in [6.45, 7) is 1.24. The lowest BCUT2D eigenvalue weighted by molar-refractivity contribution is -0.155. The van der Waals surface area contributed by atoms with Crippen LogP contribution < -0.4 is 11.1 Å². The molecule has 0 atom stereocenters. The number of rotatable bonds is 4. The van der Waals surface area contributed by atoms with E-state index >= 15 is 0 Å².